The van der Waals surface area contributed by atoms with E-state index in [1.165, 1.54) is 0 Å². The zero-order valence-electron chi connectivity index (χ0n) is 15.4. The largest absolute Gasteiger partial charge is 0.473 e. The summed E-state index contributed by atoms with van der Waals surface area (Å²) in [4.78, 5) is 16.0. The SMILES string of the molecule is CCOC(=O)CCc1ccc(COc2cccc(-c3ccccc3)n2)cc1. The Morgan fingerprint density at radius 3 is 2.37 bits per heavy atom. The summed E-state index contributed by atoms with van der Waals surface area (Å²) in [5.41, 5.74) is 4.12. The van der Waals surface area contributed by atoms with E-state index in [0.29, 0.717) is 31.9 Å². The lowest BCUT2D eigenvalue weighted by Crippen LogP contribution is -2.05. The molecule has 3 aromatic rings. The number of pyridine rings is 1. The molecule has 0 bridgehead atoms. The molecule has 0 atom stereocenters. The van der Waals surface area contributed by atoms with E-state index < -0.39 is 0 Å². The van der Waals surface area contributed by atoms with Crippen molar-refractivity contribution < 1.29 is 14.3 Å². The molecule has 1 heterocycles. The lowest BCUT2D eigenvalue weighted by molar-refractivity contribution is -0.143. The van der Waals surface area contributed by atoms with Gasteiger partial charge in [-0.3, -0.25) is 4.79 Å². The maximum atomic E-state index is 11.4. The number of rotatable bonds is 8. The molecule has 0 N–H and O–H groups in total. The summed E-state index contributed by atoms with van der Waals surface area (Å²) >= 11 is 0. The van der Waals surface area contributed by atoms with Crippen molar-refractivity contribution in [2.24, 2.45) is 0 Å². The number of carbonyl (C=O) groups is 1. The van der Waals surface area contributed by atoms with E-state index in [9.17, 15) is 4.79 Å². The standard InChI is InChI=1S/C23H23NO3/c1-2-26-23(25)16-15-18-11-13-19(14-12-18)17-27-22-10-6-9-21(24-22)20-7-4-3-5-8-20/h3-14H,2,15-17H2,1H3. The minimum absolute atomic E-state index is 0.158. The van der Waals surface area contributed by atoms with Crippen LogP contribution in [0.5, 0.6) is 5.88 Å². The van der Waals surface area contributed by atoms with Gasteiger partial charge in [-0.25, -0.2) is 4.98 Å². The second-order valence-electron chi connectivity index (χ2n) is 6.14. The highest BCUT2D eigenvalue weighted by molar-refractivity contribution is 5.69. The summed E-state index contributed by atoms with van der Waals surface area (Å²) in [5.74, 6) is 0.442. The number of aromatic nitrogens is 1. The Morgan fingerprint density at radius 1 is 0.889 bits per heavy atom. The van der Waals surface area contributed by atoms with Crippen LogP contribution in [0.1, 0.15) is 24.5 Å². The topological polar surface area (TPSA) is 48.4 Å². The first-order valence-corrected chi connectivity index (χ1v) is 9.13. The van der Waals surface area contributed by atoms with Gasteiger partial charge in [0.1, 0.15) is 6.61 Å². The van der Waals surface area contributed by atoms with Gasteiger partial charge in [0.05, 0.1) is 12.3 Å². The molecule has 0 fully saturated rings. The van der Waals surface area contributed by atoms with Gasteiger partial charge >= 0.3 is 5.97 Å². The number of ether oxygens (including phenoxy) is 2. The Kier molecular flexibility index (Phi) is 6.58. The zero-order valence-corrected chi connectivity index (χ0v) is 15.4. The first kappa shape index (κ1) is 18.6. The third-order valence-electron chi connectivity index (χ3n) is 4.13. The number of nitrogens with zero attached hydrogens (tertiary/aromatic N) is 1. The molecule has 4 nitrogen and oxygen atoms in total. The van der Waals surface area contributed by atoms with Crippen molar-refractivity contribution in [1.82, 2.24) is 4.98 Å². The second-order valence-corrected chi connectivity index (χ2v) is 6.14. The van der Waals surface area contributed by atoms with E-state index in [0.717, 1.165) is 22.4 Å². The van der Waals surface area contributed by atoms with Gasteiger partial charge in [0.2, 0.25) is 5.88 Å². The summed E-state index contributed by atoms with van der Waals surface area (Å²) in [7, 11) is 0. The summed E-state index contributed by atoms with van der Waals surface area (Å²) in [5, 5.41) is 0. The second kappa shape index (κ2) is 9.53. The van der Waals surface area contributed by atoms with Gasteiger partial charge in [-0.05, 0) is 30.5 Å². The van der Waals surface area contributed by atoms with Gasteiger partial charge in [-0.2, -0.15) is 0 Å². The van der Waals surface area contributed by atoms with Crippen molar-refractivity contribution in [3.63, 3.8) is 0 Å². The molecule has 0 saturated carbocycles. The molecule has 138 valence electrons. The molecule has 0 amide bonds. The average Bonchev–Trinajstić information content (AvgIpc) is 2.72. The van der Waals surface area contributed by atoms with Crippen LogP contribution in [0.2, 0.25) is 0 Å². The minimum atomic E-state index is -0.158. The van der Waals surface area contributed by atoms with Crippen molar-refractivity contribution in [3.05, 3.63) is 83.9 Å². The number of hydrogen-bond donors (Lipinski definition) is 0. The van der Waals surface area contributed by atoms with Crippen molar-refractivity contribution in [1.29, 1.82) is 0 Å². The van der Waals surface area contributed by atoms with Gasteiger partial charge in [-0.1, -0.05) is 60.7 Å². The third-order valence-corrected chi connectivity index (χ3v) is 4.13. The molecular weight excluding hydrogens is 338 g/mol. The van der Waals surface area contributed by atoms with E-state index in [-0.39, 0.29) is 5.97 Å². The molecule has 2 aromatic carbocycles. The van der Waals surface area contributed by atoms with Gasteiger partial charge in [0.25, 0.3) is 0 Å². The first-order chi connectivity index (χ1) is 13.2. The fourth-order valence-corrected chi connectivity index (χ4v) is 2.70. The summed E-state index contributed by atoms with van der Waals surface area (Å²) in [6.45, 7) is 2.69. The van der Waals surface area contributed by atoms with Crippen LogP contribution in [-0.4, -0.2) is 17.6 Å². The maximum Gasteiger partial charge on any atom is 0.306 e. The Labute approximate surface area is 159 Å². The van der Waals surface area contributed by atoms with Gasteiger partial charge in [0.15, 0.2) is 0 Å². The fourth-order valence-electron chi connectivity index (χ4n) is 2.70. The number of carbonyl (C=O) groups excluding carboxylic acids is 1. The van der Waals surface area contributed by atoms with Crippen LogP contribution < -0.4 is 4.74 Å². The molecule has 3 rings (SSSR count). The molecule has 0 radical (unpaired) electrons. The Morgan fingerprint density at radius 2 is 1.63 bits per heavy atom. The van der Waals surface area contributed by atoms with Crippen LogP contribution in [0.3, 0.4) is 0 Å². The van der Waals surface area contributed by atoms with Crippen LogP contribution in [0, 0.1) is 0 Å². The van der Waals surface area contributed by atoms with E-state index in [4.69, 9.17) is 9.47 Å². The molecule has 0 aliphatic rings. The van der Waals surface area contributed by atoms with E-state index in [2.05, 4.69) is 4.98 Å². The molecular formula is C23H23NO3. The summed E-state index contributed by atoms with van der Waals surface area (Å²) in [6.07, 6.45) is 1.08. The third kappa shape index (κ3) is 5.68. The highest BCUT2D eigenvalue weighted by Gasteiger charge is 2.04. The smallest absolute Gasteiger partial charge is 0.306 e. The monoisotopic (exact) mass is 361 g/mol. The maximum absolute atomic E-state index is 11.4. The minimum Gasteiger partial charge on any atom is -0.473 e. The number of esters is 1. The van der Waals surface area contributed by atoms with Crippen LogP contribution in [0.15, 0.2) is 72.8 Å². The Hall–Kier alpha value is -3.14. The quantitative estimate of drug-likeness (QED) is 0.540. The fraction of sp³-hybridized carbons (Fsp3) is 0.217. The number of aryl methyl sites for hydroxylation is 1. The van der Waals surface area contributed by atoms with Crippen LogP contribution in [0.25, 0.3) is 11.3 Å². The number of hydrogen-bond acceptors (Lipinski definition) is 4. The van der Waals surface area contributed by atoms with Crippen molar-refractivity contribution in [2.45, 2.75) is 26.4 Å². The molecule has 0 aliphatic heterocycles. The first-order valence-electron chi connectivity index (χ1n) is 9.13. The predicted octanol–water partition coefficient (Wildman–Crippen LogP) is 4.82. The van der Waals surface area contributed by atoms with Crippen LogP contribution >= 0.6 is 0 Å². The summed E-state index contributed by atoms with van der Waals surface area (Å²) < 4.78 is 10.8. The Balaban J connectivity index is 1.55. The van der Waals surface area contributed by atoms with E-state index in [1.54, 1.807) is 0 Å². The van der Waals surface area contributed by atoms with Gasteiger partial charge in [0, 0.05) is 18.1 Å². The van der Waals surface area contributed by atoms with Crippen LogP contribution in [-0.2, 0) is 22.6 Å². The molecule has 0 aliphatic carbocycles. The van der Waals surface area contributed by atoms with Gasteiger partial charge < -0.3 is 9.47 Å². The van der Waals surface area contributed by atoms with Crippen molar-refractivity contribution in [3.8, 4) is 17.1 Å². The molecule has 0 saturated heterocycles. The van der Waals surface area contributed by atoms with E-state index >= 15 is 0 Å². The van der Waals surface area contributed by atoms with Gasteiger partial charge in [-0.15, -0.1) is 0 Å². The highest BCUT2D eigenvalue weighted by atomic mass is 16.5. The predicted molar refractivity (Wildman–Crippen MR) is 105 cm³/mol. The molecule has 4 heteroatoms. The average molecular weight is 361 g/mol. The summed E-state index contributed by atoms with van der Waals surface area (Å²) in [6, 6.07) is 23.9. The highest BCUT2D eigenvalue weighted by Crippen LogP contribution is 2.20. The van der Waals surface area contributed by atoms with Crippen molar-refractivity contribution >= 4 is 5.97 Å². The lowest BCUT2D eigenvalue weighted by Gasteiger charge is -2.08. The van der Waals surface area contributed by atoms with E-state index in [1.807, 2.05) is 79.7 Å². The molecule has 0 spiro atoms. The van der Waals surface area contributed by atoms with Crippen molar-refractivity contribution in [2.75, 3.05) is 6.61 Å². The molecule has 1 aromatic heterocycles. The Bertz CT molecular complexity index is 860. The van der Waals surface area contributed by atoms with Crippen LogP contribution in [0.4, 0.5) is 0 Å². The number of benzene rings is 2. The zero-order chi connectivity index (χ0) is 18.9. The molecule has 0 unspecified atom stereocenters. The normalized spacial score (nSPS) is 10.4. The lowest BCUT2D eigenvalue weighted by atomic mass is 10.1. The molecule has 27 heavy (non-hydrogen) atoms.